The Hall–Kier alpha value is -0.380. The third kappa shape index (κ3) is 3.59. The molecule has 0 aromatic carbocycles. The van der Waals surface area contributed by atoms with Crippen LogP contribution in [0, 0.1) is 5.41 Å². The quantitative estimate of drug-likeness (QED) is 0.560. The molecule has 0 aliphatic rings. The number of hydrogen-bond donors (Lipinski definition) is 2. The Kier molecular flexibility index (Phi) is 4.97. The van der Waals surface area contributed by atoms with Crippen molar-refractivity contribution in [2.75, 3.05) is 6.61 Å². The highest BCUT2D eigenvalue weighted by Crippen LogP contribution is 2.51. The second kappa shape index (κ2) is 5.10. The molecule has 0 amide bonds. The van der Waals surface area contributed by atoms with Gasteiger partial charge >= 0.3 is 13.6 Å². The van der Waals surface area contributed by atoms with Crippen LogP contribution in [0.2, 0.25) is 0 Å². The van der Waals surface area contributed by atoms with Crippen LogP contribution in [0.5, 0.6) is 0 Å². The summed E-state index contributed by atoms with van der Waals surface area (Å²) in [5.74, 6) is -0.569. The maximum Gasteiger partial charge on any atom is 0.329 e. The fourth-order valence-electron chi connectivity index (χ4n) is 1.62. The third-order valence-electron chi connectivity index (χ3n) is 2.43. The predicted octanol–water partition coefficient (Wildman–Crippen LogP) is 1.53. The first-order valence-corrected chi connectivity index (χ1v) is 6.58. The van der Waals surface area contributed by atoms with Gasteiger partial charge in [-0.3, -0.25) is 9.36 Å². The summed E-state index contributed by atoms with van der Waals surface area (Å²) in [5.41, 5.74) is -2.16. The van der Waals surface area contributed by atoms with Gasteiger partial charge in [-0.25, -0.2) is 0 Å². The number of carbonyl (C=O) groups excluding carboxylic acids is 1. The van der Waals surface area contributed by atoms with E-state index in [0.717, 1.165) is 0 Å². The van der Waals surface area contributed by atoms with Crippen molar-refractivity contribution in [3.8, 4) is 0 Å². The first-order valence-electron chi connectivity index (χ1n) is 4.90. The first kappa shape index (κ1) is 14.6. The molecule has 15 heavy (non-hydrogen) atoms. The molecule has 5 nitrogen and oxygen atoms in total. The van der Waals surface area contributed by atoms with Crippen LogP contribution in [-0.2, 0) is 14.1 Å². The van der Waals surface area contributed by atoms with Gasteiger partial charge in [-0.1, -0.05) is 6.92 Å². The summed E-state index contributed by atoms with van der Waals surface area (Å²) < 4.78 is 16.0. The molecule has 6 heteroatoms. The molecule has 0 aliphatic heterocycles. The van der Waals surface area contributed by atoms with Crippen LogP contribution < -0.4 is 0 Å². The molecule has 2 N–H and O–H groups in total. The summed E-state index contributed by atoms with van der Waals surface area (Å²) >= 11 is 0. The van der Waals surface area contributed by atoms with Crippen LogP contribution in [-0.4, -0.2) is 28.0 Å². The standard InChI is InChI=1S/C9H19O5P/c1-5-7(15(11,12)13)9(3,4)8(10)14-6-2/h7H,5-6H2,1-4H3,(H2,11,12,13). The lowest BCUT2D eigenvalue weighted by atomic mass is 9.87. The number of hydrogen-bond acceptors (Lipinski definition) is 3. The Labute approximate surface area is 90.0 Å². The van der Waals surface area contributed by atoms with Gasteiger partial charge < -0.3 is 14.5 Å². The van der Waals surface area contributed by atoms with Crippen molar-refractivity contribution < 1.29 is 23.9 Å². The molecule has 0 fully saturated rings. The highest BCUT2D eigenvalue weighted by atomic mass is 31.2. The van der Waals surface area contributed by atoms with Crippen LogP contribution in [0.25, 0.3) is 0 Å². The fourth-order valence-corrected chi connectivity index (χ4v) is 3.04. The molecule has 0 bridgehead atoms. The Morgan fingerprint density at radius 3 is 2.13 bits per heavy atom. The molecule has 1 atom stereocenters. The summed E-state index contributed by atoms with van der Waals surface area (Å²) in [6.07, 6.45) is 0.232. The summed E-state index contributed by atoms with van der Waals surface area (Å²) in [6, 6.07) is 0. The van der Waals surface area contributed by atoms with Crippen LogP contribution in [0.4, 0.5) is 0 Å². The summed E-state index contributed by atoms with van der Waals surface area (Å²) in [5, 5.41) is 0. The highest BCUT2D eigenvalue weighted by molar-refractivity contribution is 7.52. The number of ether oxygens (including phenoxy) is 1. The van der Waals surface area contributed by atoms with E-state index in [9.17, 15) is 9.36 Å². The number of carbonyl (C=O) groups is 1. The summed E-state index contributed by atoms with van der Waals surface area (Å²) in [7, 11) is -4.28. The molecule has 0 aliphatic carbocycles. The van der Waals surface area contributed by atoms with Crippen molar-refractivity contribution in [2.45, 2.75) is 39.8 Å². The molecule has 0 heterocycles. The minimum absolute atomic E-state index is 0.208. The van der Waals surface area contributed by atoms with Gasteiger partial charge in [0.15, 0.2) is 0 Å². The monoisotopic (exact) mass is 238 g/mol. The van der Waals surface area contributed by atoms with Crippen molar-refractivity contribution in [3.05, 3.63) is 0 Å². The van der Waals surface area contributed by atoms with Crippen molar-refractivity contribution >= 4 is 13.6 Å². The SMILES string of the molecule is CCOC(=O)C(C)(C)C(CC)P(=O)(O)O. The molecule has 1 unspecified atom stereocenters. The zero-order chi connectivity index (χ0) is 12.3. The molecule has 0 spiro atoms. The van der Waals surface area contributed by atoms with Crippen molar-refractivity contribution in [1.29, 1.82) is 0 Å². The van der Waals surface area contributed by atoms with E-state index >= 15 is 0 Å². The maximum absolute atomic E-state index is 11.5. The van der Waals surface area contributed by atoms with Gasteiger partial charge in [0.1, 0.15) is 0 Å². The lowest BCUT2D eigenvalue weighted by Crippen LogP contribution is -2.38. The normalized spacial score (nSPS) is 14.8. The van der Waals surface area contributed by atoms with Crippen molar-refractivity contribution in [2.24, 2.45) is 5.41 Å². The number of rotatable bonds is 5. The van der Waals surface area contributed by atoms with E-state index in [1.807, 2.05) is 0 Å². The van der Waals surface area contributed by atoms with E-state index in [4.69, 9.17) is 14.5 Å². The lowest BCUT2D eigenvalue weighted by Gasteiger charge is -2.31. The lowest BCUT2D eigenvalue weighted by molar-refractivity contribution is -0.153. The number of esters is 1. The molecular formula is C9H19O5P. The molecule has 90 valence electrons. The zero-order valence-corrected chi connectivity index (χ0v) is 10.5. The zero-order valence-electron chi connectivity index (χ0n) is 9.56. The average molecular weight is 238 g/mol. The van der Waals surface area contributed by atoms with Crippen LogP contribution >= 0.6 is 7.60 Å². The molecule has 0 saturated heterocycles. The van der Waals surface area contributed by atoms with Crippen molar-refractivity contribution in [3.63, 3.8) is 0 Å². The van der Waals surface area contributed by atoms with E-state index in [-0.39, 0.29) is 13.0 Å². The minimum atomic E-state index is -4.28. The highest BCUT2D eigenvalue weighted by Gasteiger charge is 2.46. The van der Waals surface area contributed by atoms with E-state index in [1.165, 1.54) is 13.8 Å². The topological polar surface area (TPSA) is 83.8 Å². The molecule has 0 saturated carbocycles. The average Bonchev–Trinajstić information content (AvgIpc) is 2.02. The Morgan fingerprint density at radius 2 is 1.87 bits per heavy atom. The van der Waals surface area contributed by atoms with E-state index < -0.39 is 24.6 Å². The smallest absolute Gasteiger partial charge is 0.329 e. The van der Waals surface area contributed by atoms with Crippen LogP contribution in [0.15, 0.2) is 0 Å². The summed E-state index contributed by atoms with van der Waals surface area (Å²) in [6.45, 7) is 6.51. The Morgan fingerprint density at radius 1 is 1.40 bits per heavy atom. The van der Waals surface area contributed by atoms with E-state index in [2.05, 4.69) is 0 Å². The largest absolute Gasteiger partial charge is 0.466 e. The summed E-state index contributed by atoms with van der Waals surface area (Å²) in [4.78, 5) is 29.8. The molecular weight excluding hydrogens is 219 g/mol. The van der Waals surface area contributed by atoms with Gasteiger partial charge in [0, 0.05) is 0 Å². The Bertz CT molecular complexity index is 268. The van der Waals surface area contributed by atoms with Gasteiger partial charge in [0.05, 0.1) is 17.7 Å². The van der Waals surface area contributed by atoms with Gasteiger partial charge in [-0.2, -0.15) is 0 Å². The second-order valence-corrected chi connectivity index (χ2v) is 5.76. The minimum Gasteiger partial charge on any atom is -0.466 e. The molecule has 0 aromatic rings. The van der Waals surface area contributed by atoms with Gasteiger partial charge in [0.2, 0.25) is 0 Å². The predicted molar refractivity (Wildman–Crippen MR) is 56.5 cm³/mol. The molecule has 0 radical (unpaired) electrons. The van der Waals surface area contributed by atoms with Gasteiger partial charge in [-0.15, -0.1) is 0 Å². The first-order chi connectivity index (χ1) is 6.67. The van der Waals surface area contributed by atoms with Crippen LogP contribution in [0.1, 0.15) is 34.1 Å². The third-order valence-corrected chi connectivity index (χ3v) is 4.25. The van der Waals surface area contributed by atoms with Gasteiger partial charge in [0.25, 0.3) is 0 Å². The van der Waals surface area contributed by atoms with E-state index in [1.54, 1.807) is 13.8 Å². The fraction of sp³-hybridized carbons (Fsp3) is 0.889. The van der Waals surface area contributed by atoms with Gasteiger partial charge in [-0.05, 0) is 27.2 Å². The van der Waals surface area contributed by atoms with Crippen LogP contribution in [0.3, 0.4) is 0 Å². The molecule has 0 rings (SSSR count). The van der Waals surface area contributed by atoms with Crippen molar-refractivity contribution in [1.82, 2.24) is 0 Å². The maximum atomic E-state index is 11.5. The Balaban J connectivity index is 4.97. The van der Waals surface area contributed by atoms with E-state index in [0.29, 0.717) is 0 Å². The second-order valence-electron chi connectivity index (χ2n) is 3.96. The molecule has 0 aromatic heterocycles.